The van der Waals surface area contributed by atoms with E-state index in [0.29, 0.717) is 28.6 Å². The predicted octanol–water partition coefficient (Wildman–Crippen LogP) is 5.78. The third-order valence-electron chi connectivity index (χ3n) is 5.37. The lowest BCUT2D eigenvalue weighted by Gasteiger charge is -2.23. The van der Waals surface area contributed by atoms with Crippen LogP contribution in [0.15, 0.2) is 77.7 Å². The Morgan fingerprint density at radius 2 is 1.63 bits per heavy atom. The number of anilines is 2. The number of benzene rings is 3. The van der Waals surface area contributed by atoms with Crippen molar-refractivity contribution in [3.63, 3.8) is 0 Å². The quantitative estimate of drug-likeness (QED) is 0.309. The first-order chi connectivity index (χ1) is 16.8. The van der Waals surface area contributed by atoms with Gasteiger partial charge in [0, 0.05) is 16.9 Å². The zero-order valence-electron chi connectivity index (χ0n) is 19.6. The third-order valence-corrected chi connectivity index (χ3v) is 8.40. The second kappa shape index (κ2) is 10.4. The third kappa shape index (κ3) is 5.26. The standard InChI is InChI=1S/C26H26N2O5S2/c1-4-28(35(30,31)23-13-11-21(32-3)12-14-23)20-8-15-24-18(16-20)17-25(34-24)26(29)27-19-6-9-22(10-7-19)33-5-2/h6-17H,4-5H2,1-3H3,(H,27,29). The van der Waals surface area contributed by atoms with Gasteiger partial charge in [0.15, 0.2) is 0 Å². The molecule has 0 radical (unpaired) electrons. The molecule has 0 bridgehead atoms. The van der Waals surface area contributed by atoms with Crippen LogP contribution < -0.4 is 19.1 Å². The number of methoxy groups -OCH3 is 1. The van der Waals surface area contributed by atoms with E-state index < -0.39 is 10.0 Å². The highest BCUT2D eigenvalue weighted by atomic mass is 32.2. The van der Waals surface area contributed by atoms with Gasteiger partial charge < -0.3 is 14.8 Å². The molecule has 0 spiro atoms. The summed E-state index contributed by atoms with van der Waals surface area (Å²) in [4.78, 5) is 13.5. The molecule has 9 heteroatoms. The Labute approximate surface area is 209 Å². The SMILES string of the molecule is CCOc1ccc(NC(=O)c2cc3cc(N(CC)S(=O)(=O)c4ccc(OC)cc4)ccc3s2)cc1. The van der Waals surface area contributed by atoms with E-state index in [9.17, 15) is 13.2 Å². The molecule has 3 aromatic carbocycles. The van der Waals surface area contributed by atoms with E-state index in [1.807, 2.05) is 13.0 Å². The average molecular weight is 511 g/mol. The van der Waals surface area contributed by atoms with Crippen LogP contribution in [-0.2, 0) is 10.0 Å². The van der Waals surface area contributed by atoms with Crippen molar-refractivity contribution in [3.05, 3.63) is 77.7 Å². The molecule has 0 aliphatic carbocycles. The minimum absolute atomic E-state index is 0.181. The fourth-order valence-corrected chi connectivity index (χ4v) is 6.06. The number of fused-ring (bicyclic) bond motifs is 1. The van der Waals surface area contributed by atoms with Gasteiger partial charge in [-0.2, -0.15) is 0 Å². The molecule has 1 N–H and O–H groups in total. The molecule has 0 aliphatic rings. The zero-order chi connectivity index (χ0) is 25.0. The fraction of sp³-hybridized carbons (Fsp3) is 0.192. The van der Waals surface area contributed by atoms with Crippen LogP contribution in [0.5, 0.6) is 11.5 Å². The van der Waals surface area contributed by atoms with E-state index in [0.717, 1.165) is 15.8 Å². The van der Waals surface area contributed by atoms with Crippen LogP contribution in [0.3, 0.4) is 0 Å². The second-order valence-corrected chi connectivity index (χ2v) is 10.5. The summed E-state index contributed by atoms with van der Waals surface area (Å²) in [6.45, 7) is 4.53. The number of thiophene rings is 1. The maximum absolute atomic E-state index is 13.3. The molecule has 1 amide bonds. The van der Waals surface area contributed by atoms with Crippen LogP contribution in [0.25, 0.3) is 10.1 Å². The monoisotopic (exact) mass is 510 g/mol. The normalized spacial score (nSPS) is 11.3. The second-order valence-electron chi connectivity index (χ2n) is 7.59. The number of ether oxygens (including phenoxy) is 2. The Bertz CT molecular complexity index is 1430. The largest absolute Gasteiger partial charge is 0.497 e. The molecule has 0 saturated carbocycles. The summed E-state index contributed by atoms with van der Waals surface area (Å²) in [6, 6.07) is 20.7. The molecule has 4 rings (SSSR count). The maximum atomic E-state index is 13.3. The molecular weight excluding hydrogens is 484 g/mol. The molecule has 7 nitrogen and oxygen atoms in total. The van der Waals surface area contributed by atoms with Crippen molar-refractivity contribution in [1.82, 2.24) is 0 Å². The van der Waals surface area contributed by atoms with Crippen molar-refractivity contribution < 1.29 is 22.7 Å². The van der Waals surface area contributed by atoms with Gasteiger partial charge in [-0.15, -0.1) is 11.3 Å². The lowest BCUT2D eigenvalue weighted by atomic mass is 10.2. The molecule has 182 valence electrons. The minimum atomic E-state index is -3.76. The van der Waals surface area contributed by atoms with Crippen LogP contribution in [0.4, 0.5) is 11.4 Å². The smallest absolute Gasteiger partial charge is 0.265 e. The first-order valence-corrected chi connectivity index (χ1v) is 13.4. The molecule has 0 unspecified atom stereocenters. The summed E-state index contributed by atoms with van der Waals surface area (Å²) in [5.41, 5.74) is 1.20. The van der Waals surface area contributed by atoms with Gasteiger partial charge in [0.25, 0.3) is 15.9 Å². The van der Waals surface area contributed by atoms with Gasteiger partial charge in [0.05, 0.1) is 29.2 Å². The number of hydrogen-bond donors (Lipinski definition) is 1. The van der Waals surface area contributed by atoms with Crippen LogP contribution in [0.1, 0.15) is 23.5 Å². The molecule has 35 heavy (non-hydrogen) atoms. The molecule has 1 aromatic heterocycles. The van der Waals surface area contributed by atoms with E-state index in [-0.39, 0.29) is 17.3 Å². The molecule has 0 saturated heterocycles. The highest BCUT2D eigenvalue weighted by Crippen LogP contribution is 2.32. The summed E-state index contributed by atoms with van der Waals surface area (Å²) in [7, 11) is -2.23. The van der Waals surface area contributed by atoms with Crippen molar-refractivity contribution >= 4 is 48.7 Å². The predicted molar refractivity (Wildman–Crippen MR) is 141 cm³/mol. The van der Waals surface area contributed by atoms with Crippen LogP contribution in [-0.4, -0.2) is 34.6 Å². The van der Waals surface area contributed by atoms with Gasteiger partial charge in [-0.05, 0) is 92.0 Å². The lowest BCUT2D eigenvalue weighted by molar-refractivity contribution is 0.103. The fourth-order valence-electron chi connectivity index (χ4n) is 3.66. The number of nitrogens with zero attached hydrogens (tertiary/aromatic N) is 1. The number of carbonyl (C=O) groups is 1. The Balaban J connectivity index is 1.57. The summed E-state index contributed by atoms with van der Waals surface area (Å²) in [5.74, 6) is 1.10. The lowest BCUT2D eigenvalue weighted by Crippen LogP contribution is -2.30. The summed E-state index contributed by atoms with van der Waals surface area (Å²) < 4.78 is 39.4. The summed E-state index contributed by atoms with van der Waals surface area (Å²) >= 11 is 1.35. The van der Waals surface area contributed by atoms with Gasteiger partial charge in [0.2, 0.25) is 0 Å². The molecular formula is C26H26N2O5S2. The number of nitrogens with one attached hydrogen (secondary N) is 1. The first-order valence-electron chi connectivity index (χ1n) is 11.1. The molecule has 0 atom stereocenters. The van der Waals surface area contributed by atoms with Gasteiger partial charge in [-0.25, -0.2) is 8.42 Å². The van der Waals surface area contributed by atoms with Gasteiger partial charge >= 0.3 is 0 Å². The van der Waals surface area contributed by atoms with Crippen molar-refractivity contribution in [3.8, 4) is 11.5 Å². The van der Waals surface area contributed by atoms with E-state index in [2.05, 4.69) is 5.32 Å². The van der Waals surface area contributed by atoms with Gasteiger partial charge in [0.1, 0.15) is 11.5 Å². The first kappa shape index (κ1) is 24.6. The Kier molecular flexibility index (Phi) is 7.28. The number of rotatable bonds is 9. The van der Waals surface area contributed by atoms with Crippen molar-refractivity contribution in [1.29, 1.82) is 0 Å². The van der Waals surface area contributed by atoms with Crippen LogP contribution in [0.2, 0.25) is 0 Å². The van der Waals surface area contributed by atoms with Crippen molar-refractivity contribution in [2.45, 2.75) is 18.7 Å². The summed E-state index contributed by atoms with van der Waals surface area (Å²) in [5, 5.41) is 3.69. The Morgan fingerprint density at radius 3 is 2.26 bits per heavy atom. The topological polar surface area (TPSA) is 84.9 Å². The van der Waals surface area contributed by atoms with Crippen molar-refractivity contribution in [2.24, 2.45) is 0 Å². The zero-order valence-corrected chi connectivity index (χ0v) is 21.3. The number of amides is 1. The summed E-state index contributed by atoms with van der Waals surface area (Å²) in [6.07, 6.45) is 0. The number of sulfonamides is 1. The molecule has 0 aliphatic heterocycles. The van der Waals surface area contributed by atoms with Crippen LogP contribution in [0, 0.1) is 0 Å². The minimum Gasteiger partial charge on any atom is -0.497 e. The Hall–Kier alpha value is -3.56. The molecule has 0 fully saturated rings. The molecule has 1 heterocycles. The van der Waals surface area contributed by atoms with Gasteiger partial charge in [-0.3, -0.25) is 9.10 Å². The van der Waals surface area contributed by atoms with Crippen LogP contribution >= 0.6 is 11.3 Å². The number of hydrogen-bond acceptors (Lipinski definition) is 6. The van der Waals surface area contributed by atoms with E-state index >= 15 is 0 Å². The highest BCUT2D eigenvalue weighted by Gasteiger charge is 2.24. The molecule has 4 aromatic rings. The van der Waals surface area contributed by atoms with E-state index in [1.165, 1.54) is 34.9 Å². The number of carbonyl (C=O) groups excluding carboxylic acids is 1. The van der Waals surface area contributed by atoms with Crippen molar-refractivity contribution in [2.75, 3.05) is 29.9 Å². The van der Waals surface area contributed by atoms with E-state index in [4.69, 9.17) is 9.47 Å². The average Bonchev–Trinajstić information content (AvgIpc) is 3.29. The Morgan fingerprint density at radius 1 is 0.943 bits per heavy atom. The highest BCUT2D eigenvalue weighted by molar-refractivity contribution is 7.92. The van der Waals surface area contributed by atoms with Gasteiger partial charge in [-0.1, -0.05) is 0 Å². The maximum Gasteiger partial charge on any atom is 0.265 e. The van der Waals surface area contributed by atoms with E-state index in [1.54, 1.807) is 61.5 Å².